The highest BCUT2D eigenvalue weighted by molar-refractivity contribution is 7.10. The Balaban J connectivity index is 1.60. The summed E-state index contributed by atoms with van der Waals surface area (Å²) in [5.41, 5.74) is 4.70. The second kappa shape index (κ2) is 5.45. The molecule has 2 fully saturated rings. The average molecular weight is 276 g/mol. The lowest BCUT2D eigenvalue weighted by Gasteiger charge is -2.11. The molecule has 2 saturated carbocycles. The Morgan fingerprint density at radius 2 is 2.42 bits per heavy atom. The molecule has 2 bridgehead atoms. The summed E-state index contributed by atoms with van der Waals surface area (Å²) < 4.78 is 0. The fourth-order valence-corrected chi connectivity index (χ4v) is 4.20. The summed E-state index contributed by atoms with van der Waals surface area (Å²) in [6, 6.07) is 1.99. The summed E-state index contributed by atoms with van der Waals surface area (Å²) >= 11 is 1.66. The van der Waals surface area contributed by atoms with Gasteiger partial charge in [0, 0.05) is 16.0 Å². The smallest absolute Gasteiger partial charge is 0.267 e. The van der Waals surface area contributed by atoms with Gasteiger partial charge in [-0.25, -0.2) is 5.43 Å². The molecule has 1 aromatic heterocycles. The standard InChI is InChI=1S/C15H20N2OS/c1-2-3-13-8-12(9-19-13)15(18)17-16-14-7-10-4-5-11(14)6-10/h8-11H,2-7H2,1H3,(H,17,18)/b16-14-/t10-,11-/m0/s1. The molecule has 0 spiro atoms. The highest BCUT2D eigenvalue weighted by Gasteiger charge is 2.36. The number of nitrogens with one attached hydrogen (secondary N) is 1. The second-order valence-corrected chi connectivity index (χ2v) is 6.67. The van der Waals surface area contributed by atoms with Gasteiger partial charge in [0.2, 0.25) is 0 Å². The van der Waals surface area contributed by atoms with Crippen molar-refractivity contribution in [3.05, 3.63) is 21.9 Å². The number of thiophene rings is 1. The van der Waals surface area contributed by atoms with E-state index in [4.69, 9.17) is 0 Å². The summed E-state index contributed by atoms with van der Waals surface area (Å²) in [6.45, 7) is 2.15. The first-order valence-electron chi connectivity index (χ1n) is 7.20. The van der Waals surface area contributed by atoms with E-state index in [-0.39, 0.29) is 5.91 Å². The van der Waals surface area contributed by atoms with E-state index in [2.05, 4.69) is 17.5 Å². The number of hydrogen-bond donors (Lipinski definition) is 1. The summed E-state index contributed by atoms with van der Waals surface area (Å²) in [5, 5.41) is 6.29. The van der Waals surface area contributed by atoms with Crippen LogP contribution in [0.2, 0.25) is 0 Å². The van der Waals surface area contributed by atoms with Crippen LogP contribution in [0.5, 0.6) is 0 Å². The fourth-order valence-electron chi connectivity index (χ4n) is 3.23. The summed E-state index contributed by atoms with van der Waals surface area (Å²) in [6.07, 6.45) is 7.16. The van der Waals surface area contributed by atoms with Crippen LogP contribution in [0.15, 0.2) is 16.5 Å². The number of aryl methyl sites for hydroxylation is 1. The number of rotatable bonds is 4. The van der Waals surface area contributed by atoms with E-state index >= 15 is 0 Å². The van der Waals surface area contributed by atoms with E-state index in [0.29, 0.717) is 5.92 Å². The summed E-state index contributed by atoms with van der Waals surface area (Å²) in [7, 11) is 0. The maximum absolute atomic E-state index is 12.0. The first-order chi connectivity index (χ1) is 9.26. The van der Waals surface area contributed by atoms with Gasteiger partial charge in [0.1, 0.15) is 0 Å². The third-order valence-corrected chi connectivity index (χ3v) is 5.22. The van der Waals surface area contributed by atoms with Gasteiger partial charge in [0.25, 0.3) is 5.91 Å². The lowest BCUT2D eigenvalue weighted by Crippen LogP contribution is -2.21. The molecule has 3 nitrogen and oxygen atoms in total. The molecule has 0 unspecified atom stereocenters. The van der Waals surface area contributed by atoms with Gasteiger partial charge in [-0.2, -0.15) is 5.10 Å². The van der Waals surface area contributed by atoms with Crippen LogP contribution in [0.4, 0.5) is 0 Å². The van der Waals surface area contributed by atoms with E-state index < -0.39 is 0 Å². The largest absolute Gasteiger partial charge is 0.272 e. The Hall–Kier alpha value is -1.16. The Morgan fingerprint density at radius 1 is 1.53 bits per heavy atom. The van der Waals surface area contributed by atoms with Gasteiger partial charge >= 0.3 is 0 Å². The number of hydrazone groups is 1. The van der Waals surface area contributed by atoms with Crippen molar-refractivity contribution in [3.8, 4) is 0 Å². The number of hydrogen-bond acceptors (Lipinski definition) is 3. The van der Waals surface area contributed by atoms with Gasteiger partial charge in [-0.05, 0) is 50.0 Å². The first-order valence-corrected chi connectivity index (χ1v) is 8.08. The lowest BCUT2D eigenvalue weighted by molar-refractivity contribution is 0.0955. The zero-order chi connectivity index (χ0) is 13.2. The summed E-state index contributed by atoms with van der Waals surface area (Å²) in [4.78, 5) is 13.3. The minimum atomic E-state index is -0.0612. The van der Waals surface area contributed by atoms with E-state index in [0.717, 1.165) is 30.7 Å². The molecule has 2 aliphatic rings. The molecule has 2 aliphatic carbocycles. The van der Waals surface area contributed by atoms with Crippen LogP contribution in [0.25, 0.3) is 0 Å². The topological polar surface area (TPSA) is 41.5 Å². The first kappa shape index (κ1) is 12.9. The number of carbonyl (C=O) groups excluding carboxylic acids is 1. The number of nitrogens with zero attached hydrogens (tertiary/aromatic N) is 1. The number of amides is 1. The molecule has 1 aromatic rings. The number of fused-ring (bicyclic) bond motifs is 2. The molecule has 1 amide bonds. The monoisotopic (exact) mass is 276 g/mol. The highest BCUT2D eigenvalue weighted by atomic mass is 32.1. The highest BCUT2D eigenvalue weighted by Crippen LogP contribution is 2.42. The van der Waals surface area contributed by atoms with Crippen LogP contribution in [-0.4, -0.2) is 11.6 Å². The minimum absolute atomic E-state index is 0.0612. The van der Waals surface area contributed by atoms with E-state index in [1.807, 2.05) is 11.4 Å². The molecule has 0 saturated heterocycles. The predicted molar refractivity (Wildman–Crippen MR) is 78.7 cm³/mol. The van der Waals surface area contributed by atoms with Gasteiger partial charge < -0.3 is 0 Å². The normalized spacial score (nSPS) is 27.1. The van der Waals surface area contributed by atoms with Crippen LogP contribution in [0, 0.1) is 11.8 Å². The van der Waals surface area contributed by atoms with Gasteiger partial charge in [-0.15, -0.1) is 11.3 Å². The zero-order valence-corrected chi connectivity index (χ0v) is 12.1. The van der Waals surface area contributed by atoms with Gasteiger partial charge in [0.15, 0.2) is 0 Å². The third kappa shape index (κ3) is 2.73. The quantitative estimate of drug-likeness (QED) is 0.839. The Kier molecular flexibility index (Phi) is 3.69. The van der Waals surface area contributed by atoms with Gasteiger partial charge in [-0.3, -0.25) is 4.79 Å². The molecule has 102 valence electrons. The van der Waals surface area contributed by atoms with Crippen molar-refractivity contribution in [1.29, 1.82) is 0 Å². The molecule has 19 heavy (non-hydrogen) atoms. The van der Waals surface area contributed by atoms with Crippen molar-refractivity contribution in [2.24, 2.45) is 16.9 Å². The second-order valence-electron chi connectivity index (χ2n) is 5.68. The Morgan fingerprint density at radius 3 is 3.11 bits per heavy atom. The molecule has 0 radical (unpaired) electrons. The van der Waals surface area contributed by atoms with Gasteiger partial charge in [-0.1, -0.05) is 13.3 Å². The molecule has 1 N–H and O–H groups in total. The van der Waals surface area contributed by atoms with E-state index in [1.54, 1.807) is 11.3 Å². The van der Waals surface area contributed by atoms with Gasteiger partial charge in [0.05, 0.1) is 5.56 Å². The van der Waals surface area contributed by atoms with Crippen LogP contribution < -0.4 is 5.43 Å². The van der Waals surface area contributed by atoms with E-state index in [1.165, 1.54) is 29.9 Å². The lowest BCUT2D eigenvalue weighted by atomic mass is 9.99. The third-order valence-electron chi connectivity index (χ3n) is 4.22. The summed E-state index contributed by atoms with van der Waals surface area (Å²) in [5.74, 6) is 1.41. The molecular formula is C15H20N2OS. The Bertz CT molecular complexity index is 506. The molecule has 0 aromatic carbocycles. The van der Waals surface area contributed by atoms with E-state index in [9.17, 15) is 4.79 Å². The van der Waals surface area contributed by atoms with Crippen molar-refractivity contribution >= 4 is 23.0 Å². The van der Waals surface area contributed by atoms with Crippen molar-refractivity contribution in [2.75, 3.05) is 0 Å². The maximum Gasteiger partial charge on any atom is 0.272 e. The predicted octanol–water partition coefficient (Wildman–Crippen LogP) is 3.61. The zero-order valence-electron chi connectivity index (χ0n) is 11.3. The molecule has 2 atom stereocenters. The molecule has 1 heterocycles. The van der Waals surface area contributed by atoms with Crippen LogP contribution in [0.3, 0.4) is 0 Å². The molecule has 4 heteroatoms. The van der Waals surface area contributed by atoms with Crippen LogP contribution in [-0.2, 0) is 6.42 Å². The van der Waals surface area contributed by atoms with Crippen molar-refractivity contribution in [1.82, 2.24) is 5.43 Å². The molecule has 3 rings (SSSR count). The van der Waals surface area contributed by atoms with Crippen LogP contribution >= 0.6 is 11.3 Å². The molecule has 0 aliphatic heterocycles. The van der Waals surface area contributed by atoms with Crippen molar-refractivity contribution in [2.45, 2.75) is 45.4 Å². The van der Waals surface area contributed by atoms with Crippen LogP contribution in [0.1, 0.15) is 54.3 Å². The molecular weight excluding hydrogens is 256 g/mol. The van der Waals surface area contributed by atoms with Crippen molar-refractivity contribution in [3.63, 3.8) is 0 Å². The van der Waals surface area contributed by atoms with Crippen molar-refractivity contribution < 1.29 is 4.79 Å². The Labute approximate surface area is 118 Å². The maximum atomic E-state index is 12.0. The number of carbonyl (C=O) groups is 1. The SMILES string of the molecule is CCCc1cc(C(=O)N/N=C2/C[C@H]3CC[C@H]2C3)cs1. The average Bonchev–Trinajstić information content (AvgIpc) is 3.12. The fraction of sp³-hybridized carbons (Fsp3) is 0.600. The minimum Gasteiger partial charge on any atom is -0.267 e.